The van der Waals surface area contributed by atoms with Crippen molar-refractivity contribution in [1.29, 1.82) is 0 Å². The molecule has 0 aliphatic carbocycles. The van der Waals surface area contributed by atoms with Crippen LogP contribution in [0.15, 0.2) is 24.3 Å². The Morgan fingerprint density at radius 1 is 1.40 bits per heavy atom. The number of halogens is 1. The highest BCUT2D eigenvalue weighted by Crippen LogP contribution is 2.22. The molecule has 1 N–H and O–H groups in total. The van der Waals surface area contributed by atoms with Gasteiger partial charge in [-0.1, -0.05) is 12.1 Å². The second-order valence-electron chi connectivity index (χ2n) is 4.23. The summed E-state index contributed by atoms with van der Waals surface area (Å²) in [6, 6.07) is 5.98. The SMILES string of the molecule is COCCc1nc(Cc2ccc(F)cc2)c(C(=O)O)s1. The lowest BCUT2D eigenvalue weighted by Gasteiger charge is -2.00. The van der Waals surface area contributed by atoms with Crippen molar-refractivity contribution in [3.05, 3.63) is 51.2 Å². The lowest BCUT2D eigenvalue weighted by Crippen LogP contribution is -2.00. The smallest absolute Gasteiger partial charge is 0.347 e. The third-order valence-electron chi connectivity index (χ3n) is 2.74. The fourth-order valence-electron chi connectivity index (χ4n) is 1.78. The summed E-state index contributed by atoms with van der Waals surface area (Å²) in [7, 11) is 1.59. The van der Waals surface area contributed by atoms with Gasteiger partial charge in [-0.05, 0) is 17.7 Å². The van der Waals surface area contributed by atoms with Gasteiger partial charge in [-0.3, -0.25) is 0 Å². The van der Waals surface area contributed by atoms with Crippen molar-refractivity contribution in [2.75, 3.05) is 13.7 Å². The third-order valence-corrected chi connectivity index (χ3v) is 3.89. The molecule has 0 amide bonds. The number of nitrogens with zero attached hydrogens (tertiary/aromatic N) is 1. The summed E-state index contributed by atoms with van der Waals surface area (Å²) in [6.07, 6.45) is 0.969. The average molecular weight is 295 g/mol. The molecule has 0 fully saturated rings. The van der Waals surface area contributed by atoms with E-state index in [1.54, 1.807) is 19.2 Å². The first-order valence-electron chi connectivity index (χ1n) is 6.05. The van der Waals surface area contributed by atoms with Gasteiger partial charge in [0.25, 0.3) is 0 Å². The minimum Gasteiger partial charge on any atom is -0.477 e. The molecule has 20 heavy (non-hydrogen) atoms. The number of methoxy groups -OCH3 is 1. The molecule has 4 nitrogen and oxygen atoms in total. The van der Waals surface area contributed by atoms with Gasteiger partial charge in [0.2, 0.25) is 0 Å². The number of ether oxygens (including phenoxy) is 1. The van der Waals surface area contributed by atoms with Gasteiger partial charge in [-0.2, -0.15) is 0 Å². The molecule has 0 aliphatic rings. The van der Waals surface area contributed by atoms with Crippen LogP contribution in [-0.4, -0.2) is 29.8 Å². The minimum absolute atomic E-state index is 0.237. The van der Waals surface area contributed by atoms with Gasteiger partial charge in [0.15, 0.2) is 0 Å². The summed E-state index contributed by atoms with van der Waals surface area (Å²) in [6.45, 7) is 0.503. The van der Waals surface area contributed by atoms with E-state index in [4.69, 9.17) is 4.74 Å². The Labute approximate surface area is 119 Å². The first-order chi connectivity index (χ1) is 9.60. The van der Waals surface area contributed by atoms with E-state index in [2.05, 4.69) is 4.98 Å². The average Bonchev–Trinajstić information content (AvgIpc) is 2.82. The molecule has 0 spiro atoms. The number of carboxylic acids is 1. The number of benzene rings is 1. The zero-order valence-electron chi connectivity index (χ0n) is 10.9. The van der Waals surface area contributed by atoms with Gasteiger partial charge in [0, 0.05) is 20.0 Å². The summed E-state index contributed by atoms with van der Waals surface area (Å²) in [5, 5.41) is 9.94. The second kappa shape index (κ2) is 6.58. The molecule has 6 heteroatoms. The van der Waals surface area contributed by atoms with Crippen LogP contribution in [-0.2, 0) is 17.6 Å². The van der Waals surface area contributed by atoms with Crippen molar-refractivity contribution < 1.29 is 19.0 Å². The number of aromatic carboxylic acids is 1. The van der Waals surface area contributed by atoms with E-state index in [1.165, 1.54) is 23.5 Å². The molecule has 1 aromatic carbocycles. The highest BCUT2D eigenvalue weighted by Gasteiger charge is 2.17. The number of thiazole rings is 1. The number of carbonyl (C=O) groups is 1. The summed E-state index contributed by atoms with van der Waals surface area (Å²) in [5.41, 5.74) is 1.35. The van der Waals surface area contributed by atoms with Gasteiger partial charge >= 0.3 is 5.97 Å². The lowest BCUT2D eigenvalue weighted by atomic mass is 10.1. The van der Waals surface area contributed by atoms with Crippen molar-refractivity contribution in [3.63, 3.8) is 0 Å². The quantitative estimate of drug-likeness (QED) is 0.890. The van der Waals surface area contributed by atoms with Crippen LogP contribution in [0.2, 0.25) is 0 Å². The Kier molecular flexibility index (Phi) is 4.81. The molecule has 1 heterocycles. The molecular weight excluding hydrogens is 281 g/mol. The minimum atomic E-state index is -0.983. The van der Waals surface area contributed by atoms with E-state index in [1.807, 2.05) is 0 Å². The largest absolute Gasteiger partial charge is 0.477 e. The summed E-state index contributed by atoms with van der Waals surface area (Å²) < 4.78 is 17.8. The molecule has 0 unspecified atom stereocenters. The highest BCUT2D eigenvalue weighted by atomic mass is 32.1. The lowest BCUT2D eigenvalue weighted by molar-refractivity contribution is 0.0701. The van der Waals surface area contributed by atoms with E-state index in [9.17, 15) is 14.3 Å². The monoisotopic (exact) mass is 295 g/mol. The molecule has 0 bridgehead atoms. The van der Waals surface area contributed by atoms with Gasteiger partial charge in [0.05, 0.1) is 17.3 Å². The molecule has 0 saturated heterocycles. The Bertz CT molecular complexity index is 595. The molecule has 106 valence electrons. The summed E-state index contributed by atoms with van der Waals surface area (Å²) in [5.74, 6) is -1.30. The first-order valence-corrected chi connectivity index (χ1v) is 6.87. The van der Waals surface area contributed by atoms with Crippen LogP contribution in [0.5, 0.6) is 0 Å². The molecule has 0 atom stereocenters. The first kappa shape index (κ1) is 14.6. The molecular formula is C14H14FNO3S. The van der Waals surface area contributed by atoms with Crippen LogP contribution >= 0.6 is 11.3 Å². The molecule has 0 saturated carbocycles. The molecule has 0 aliphatic heterocycles. The molecule has 0 radical (unpaired) electrons. The maximum atomic E-state index is 12.9. The van der Waals surface area contributed by atoms with Crippen molar-refractivity contribution in [2.24, 2.45) is 0 Å². The fourth-order valence-corrected chi connectivity index (χ4v) is 2.68. The van der Waals surface area contributed by atoms with Crippen molar-refractivity contribution in [3.8, 4) is 0 Å². The number of rotatable bonds is 6. The van der Waals surface area contributed by atoms with E-state index in [-0.39, 0.29) is 10.7 Å². The molecule has 2 aromatic rings. The van der Waals surface area contributed by atoms with Crippen LogP contribution in [0.25, 0.3) is 0 Å². The van der Waals surface area contributed by atoms with Gasteiger partial charge < -0.3 is 9.84 Å². The third kappa shape index (κ3) is 3.61. The number of carboxylic acid groups (broad SMARTS) is 1. The van der Waals surface area contributed by atoms with Crippen molar-refractivity contribution in [1.82, 2.24) is 4.98 Å². The predicted molar refractivity (Wildman–Crippen MR) is 73.9 cm³/mol. The predicted octanol–water partition coefficient (Wildman–Crippen LogP) is 2.76. The second-order valence-corrected chi connectivity index (χ2v) is 5.32. The van der Waals surface area contributed by atoms with Crippen LogP contribution in [0, 0.1) is 5.82 Å². The standard InChI is InChI=1S/C14H14FNO3S/c1-19-7-6-12-16-11(13(20-12)14(17)18)8-9-2-4-10(15)5-3-9/h2-5H,6-8H2,1H3,(H,17,18). The maximum Gasteiger partial charge on any atom is 0.347 e. The zero-order valence-corrected chi connectivity index (χ0v) is 11.7. The number of hydrogen-bond donors (Lipinski definition) is 1. The van der Waals surface area contributed by atoms with Gasteiger partial charge in [-0.15, -0.1) is 11.3 Å². The van der Waals surface area contributed by atoms with Gasteiger partial charge in [0.1, 0.15) is 10.7 Å². The van der Waals surface area contributed by atoms with E-state index >= 15 is 0 Å². The Hall–Kier alpha value is -1.79. The van der Waals surface area contributed by atoms with E-state index < -0.39 is 5.97 Å². The Morgan fingerprint density at radius 3 is 2.70 bits per heavy atom. The normalized spacial score (nSPS) is 10.7. The topological polar surface area (TPSA) is 59.4 Å². The number of hydrogen-bond acceptors (Lipinski definition) is 4. The highest BCUT2D eigenvalue weighted by molar-refractivity contribution is 7.13. The Morgan fingerprint density at radius 2 is 2.10 bits per heavy atom. The van der Waals surface area contributed by atoms with E-state index in [0.29, 0.717) is 25.1 Å². The fraction of sp³-hybridized carbons (Fsp3) is 0.286. The van der Waals surface area contributed by atoms with Crippen molar-refractivity contribution in [2.45, 2.75) is 12.8 Å². The number of aromatic nitrogens is 1. The van der Waals surface area contributed by atoms with Crippen LogP contribution in [0.4, 0.5) is 4.39 Å². The maximum absolute atomic E-state index is 12.9. The summed E-state index contributed by atoms with van der Waals surface area (Å²) >= 11 is 1.17. The van der Waals surface area contributed by atoms with Crippen molar-refractivity contribution >= 4 is 17.3 Å². The van der Waals surface area contributed by atoms with Gasteiger partial charge in [-0.25, -0.2) is 14.2 Å². The van der Waals surface area contributed by atoms with E-state index in [0.717, 1.165) is 10.6 Å². The van der Waals surface area contributed by atoms with Crippen LogP contribution < -0.4 is 0 Å². The zero-order chi connectivity index (χ0) is 14.5. The van der Waals surface area contributed by atoms with Crippen LogP contribution in [0.1, 0.15) is 25.9 Å². The molecule has 2 rings (SSSR count). The summed E-state index contributed by atoms with van der Waals surface area (Å²) in [4.78, 5) is 15.8. The Balaban J connectivity index is 2.22. The van der Waals surface area contributed by atoms with Crippen LogP contribution in [0.3, 0.4) is 0 Å². The molecule has 1 aromatic heterocycles.